The van der Waals surface area contributed by atoms with Crippen molar-refractivity contribution < 1.29 is 4.74 Å². The first-order chi connectivity index (χ1) is 7.28. The van der Waals surface area contributed by atoms with Crippen molar-refractivity contribution in [1.29, 1.82) is 0 Å². The Hall–Kier alpha value is -0.200. The first-order valence-electron chi connectivity index (χ1n) is 5.23. The van der Waals surface area contributed by atoms with E-state index < -0.39 is 0 Å². The van der Waals surface area contributed by atoms with Gasteiger partial charge >= 0.3 is 0 Å². The summed E-state index contributed by atoms with van der Waals surface area (Å²) < 4.78 is 5.52. The van der Waals surface area contributed by atoms with Gasteiger partial charge < -0.3 is 10.5 Å². The summed E-state index contributed by atoms with van der Waals surface area (Å²) in [5, 5.41) is 3.26. The van der Waals surface area contributed by atoms with Crippen LogP contribution >= 0.6 is 23.7 Å². The summed E-state index contributed by atoms with van der Waals surface area (Å²) in [7, 11) is 0. The zero-order chi connectivity index (χ0) is 10.7. The SMILES string of the molecule is Cc1nc(CN2CCOC(CN)C2)cs1.Cl. The molecule has 1 aromatic rings. The van der Waals surface area contributed by atoms with Crippen molar-refractivity contribution in [2.45, 2.75) is 19.6 Å². The van der Waals surface area contributed by atoms with Crippen LogP contribution in [0.4, 0.5) is 0 Å². The molecule has 0 saturated carbocycles. The van der Waals surface area contributed by atoms with Gasteiger partial charge in [0.15, 0.2) is 0 Å². The van der Waals surface area contributed by atoms with Crippen LogP contribution in [-0.2, 0) is 11.3 Å². The normalized spacial score (nSPS) is 21.8. The van der Waals surface area contributed by atoms with Gasteiger partial charge in [0.05, 0.1) is 23.4 Å². The van der Waals surface area contributed by atoms with E-state index in [1.807, 2.05) is 6.92 Å². The summed E-state index contributed by atoms with van der Waals surface area (Å²) in [6.45, 7) is 6.25. The third-order valence-corrected chi connectivity index (χ3v) is 3.36. The molecule has 1 atom stereocenters. The van der Waals surface area contributed by atoms with Gasteiger partial charge in [-0.2, -0.15) is 0 Å². The van der Waals surface area contributed by atoms with Gasteiger partial charge in [0.25, 0.3) is 0 Å². The highest BCUT2D eigenvalue weighted by atomic mass is 35.5. The van der Waals surface area contributed by atoms with Gasteiger partial charge in [-0.3, -0.25) is 4.90 Å². The maximum absolute atomic E-state index is 5.60. The average molecular weight is 264 g/mol. The second-order valence-corrected chi connectivity index (χ2v) is 4.88. The molecular weight excluding hydrogens is 246 g/mol. The number of hydrogen-bond donors (Lipinski definition) is 1. The number of aromatic nitrogens is 1. The van der Waals surface area contributed by atoms with Gasteiger partial charge in [-0.05, 0) is 6.92 Å². The largest absolute Gasteiger partial charge is 0.374 e. The molecule has 1 aliphatic heterocycles. The second kappa shape index (κ2) is 6.51. The third kappa shape index (κ3) is 3.68. The number of morpholine rings is 1. The Bertz CT molecular complexity index is 321. The molecule has 0 aliphatic carbocycles. The topological polar surface area (TPSA) is 51.4 Å². The van der Waals surface area contributed by atoms with E-state index in [4.69, 9.17) is 10.5 Å². The lowest BCUT2D eigenvalue weighted by atomic mass is 10.2. The lowest BCUT2D eigenvalue weighted by molar-refractivity contribution is -0.0263. The molecule has 2 heterocycles. The van der Waals surface area contributed by atoms with Crippen molar-refractivity contribution >= 4 is 23.7 Å². The van der Waals surface area contributed by atoms with Crippen LogP contribution in [0.3, 0.4) is 0 Å². The molecule has 2 N–H and O–H groups in total. The highest BCUT2D eigenvalue weighted by molar-refractivity contribution is 7.09. The Morgan fingerprint density at radius 3 is 3.12 bits per heavy atom. The van der Waals surface area contributed by atoms with E-state index in [1.54, 1.807) is 11.3 Å². The molecule has 0 aromatic carbocycles. The second-order valence-electron chi connectivity index (χ2n) is 3.82. The molecule has 1 saturated heterocycles. The Balaban J connectivity index is 0.00000128. The van der Waals surface area contributed by atoms with Crippen LogP contribution in [0, 0.1) is 6.92 Å². The Morgan fingerprint density at radius 1 is 1.69 bits per heavy atom. The lowest BCUT2D eigenvalue weighted by Crippen LogP contribution is -2.45. The van der Waals surface area contributed by atoms with Crippen LogP contribution in [0.15, 0.2) is 5.38 Å². The minimum Gasteiger partial charge on any atom is -0.374 e. The van der Waals surface area contributed by atoms with Crippen molar-refractivity contribution in [2.75, 3.05) is 26.2 Å². The quantitative estimate of drug-likeness (QED) is 0.885. The summed E-state index contributed by atoms with van der Waals surface area (Å²) >= 11 is 1.71. The van der Waals surface area contributed by atoms with Crippen molar-refractivity contribution in [3.8, 4) is 0 Å². The fraction of sp³-hybridized carbons (Fsp3) is 0.700. The van der Waals surface area contributed by atoms with E-state index >= 15 is 0 Å². The molecule has 1 fully saturated rings. The predicted octanol–water partition coefficient (Wildman–Crippen LogP) is 1.03. The van der Waals surface area contributed by atoms with E-state index in [1.165, 1.54) is 0 Å². The van der Waals surface area contributed by atoms with Crippen LogP contribution in [0.1, 0.15) is 10.7 Å². The van der Waals surface area contributed by atoms with E-state index in [9.17, 15) is 0 Å². The highest BCUT2D eigenvalue weighted by Crippen LogP contribution is 2.12. The molecule has 1 unspecified atom stereocenters. The van der Waals surface area contributed by atoms with Crippen LogP contribution in [0.25, 0.3) is 0 Å². The van der Waals surface area contributed by atoms with Crippen molar-refractivity contribution in [3.63, 3.8) is 0 Å². The number of nitrogens with two attached hydrogens (primary N) is 1. The van der Waals surface area contributed by atoms with Gasteiger partial charge in [0.2, 0.25) is 0 Å². The number of halogens is 1. The summed E-state index contributed by atoms with van der Waals surface area (Å²) in [6, 6.07) is 0. The molecule has 92 valence electrons. The fourth-order valence-electron chi connectivity index (χ4n) is 1.78. The molecule has 4 nitrogen and oxygen atoms in total. The number of rotatable bonds is 3. The lowest BCUT2D eigenvalue weighted by Gasteiger charge is -2.31. The molecule has 16 heavy (non-hydrogen) atoms. The fourth-order valence-corrected chi connectivity index (χ4v) is 2.38. The summed E-state index contributed by atoms with van der Waals surface area (Å²) in [5.41, 5.74) is 6.76. The predicted molar refractivity (Wildman–Crippen MR) is 68.2 cm³/mol. The Kier molecular flexibility index (Phi) is 5.64. The van der Waals surface area contributed by atoms with Gasteiger partial charge in [-0.15, -0.1) is 23.7 Å². The number of nitrogens with zero attached hydrogens (tertiary/aromatic N) is 2. The van der Waals surface area contributed by atoms with E-state index in [0.717, 1.165) is 36.9 Å². The number of thiazole rings is 1. The molecule has 0 bridgehead atoms. The molecule has 6 heteroatoms. The minimum atomic E-state index is 0. The molecular formula is C10H18ClN3OS. The van der Waals surface area contributed by atoms with Crippen molar-refractivity contribution in [1.82, 2.24) is 9.88 Å². The maximum Gasteiger partial charge on any atom is 0.0897 e. The molecule has 0 radical (unpaired) electrons. The van der Waals surface area contributed by atoms with Crippen LogP contribution in [0.2, 0.25) is 0 Å². The average Bonchev–Trinajstić information content (AvgIpc) is 2.64. The number of ether oxygens (including phenoxy) is 1. The first-order valence-corrected chi connectivity index (χ1v) is 6.11. The van der Waals surface area contributed by atoms with Crippen LogP contribution < -0.4 is 5.73 Å². The number of aryl methyl sites for hydroxylation is 1. The highest BCUT2D eigenvalue weighted by Gasteiger charge is 2.19. The van der Waals surface area contributed by atoms with E-state index in [0.29, 0.717) is 6.54 Å². The standard InChI is InChI=1S/C10H17N3OS.ClH/c1-8-12-9(7-15-8)5-13-2-3-14-10(4-11)6-13;/h7,10H,2-6,11H2,1H3;1H. The van der Waals surface area contributed by atoms with Gasteiger partial charge in [0, 0.05) is 31.6 Å². The van der Waals surface area contributed by atoms with Crippen molar-refractivity contribution in [2.24, 2.45) is 5.73 Å². The monoisotopic (exact) mass is 263 g/mol. The van der Waals surface area contributed by atoms with Crippen LogP contribution in [0.5, 0.6) is 0 Å². The molecule has 2 rings (SSSR count). The third-order valence-electron chi connectivity index (χ3n) is 2.54. The number of hydrogen-bond acceptors (Lipinski definition) is 5. The summed E-state index contributed by atoms with van der Waals surface area (Å²) in [5.74, 6) is 0. The van der Waals surface area contributed by atoms with Gasteiger partial charge in [0.1, 0.15) is 0 Å². The minimum absolute atomic E-state index is 0. The van der Waals surface area contributed by atoms with Crippen molar-refractivity contribution in [3.05, 3.63) is 16.1 Å². The molecule has 1 aliphatic rings. The smallest absolute Gasteiger partial charge is 0.0897 e. The zero-order valence-corrected chi connectivity index (χ0v) is 11.0. The van der Waals surface area contributed by atoms with Gasteiger partial charge in [-0.25, -0.2) is 4.98 Å². The summed E-state index contributed by atoms with van der Waals surface area (Å²) in [4.78, 5) is 6.82. The summed E-state index contributed by atoms with van der Waals surface area (Å²) in [6.07, 6.45) is 0.193. The molecule has 0 spiro atoms. The first kappa shape index (κ1) is 13.9. The van der Waals surface area contributed by atoms with E-state index in [-0.39, 0.29) is 18.5 Å². The van der Waals surface area contributed by atoms with E-state index in [2.05, 4.69) is 15.3 Å². The van der Waals surface area contributed by atoms with Gasteiger partial charge in [-0.1, -0.05) is 0 Å². The molecule has 1 aromatic heterocycles. The Morgan fingerprint density at radius 2 is 2.50 bits per heavy atom. The van der Waals surface area contributed by atoms with Crippen LogP contribution in [-0.4, -0.2) is 42.2 Å². The molecule has 0 amide bonds. The zero-order valence-electron chi connectivity index (χ0n) is 9.39. The Labute approximate surface area is 106 Å². The maximum atomic E-state index is 5.60.